The summed E-state index contributed by atoms with van der Waals surface area (Å²) in [6.45, 7) is 1.62. The van der Waals surface area contributed by atoms with E-state index in [2.05, 4.69) is 25.8 Å². The molecular formula is C42H37F4N7O4. The van der Waals surface area contributed by atoms with Gasteiger partial charge in [0, 0.05) is 55.3 Å². The molecule has 0 aliphatic carbocycles. The van der Waals surface area contributed by atoms with E-state index in [4.69, 9.17) is 20.9 Å². The maximum Gasteiger partial charge on any atom is 0.319 e. The number of anilines is 1. The van der Waals surface area contributed by atoms with Crippen molar-refractivity contribution < 1.29 is 36.9 Å². The van der Waals surface area contributed by atoms with Crippen LogP contribution in [-0.4, -0.2) is 104 Å². The lowest BCUT2D eigenvalue weighted by Gasteiger charge is -2.41. The SMILES string of the molecule is C#Cc1c(F)ccc2cc(O)cc(-c3ncc4c(N5CC6CCC(C5)N6C(=O)/C(F)=C/c5cccc(OC)n5)nc(OC[C@@]56CCCN5CC(F)C6)nc4c3F)c12. The van der Waals surface area contributed by atoms with E-state index < -0.39 is 47.2 Å². The highest BCUT2D eigenvalue weighted by molar-refractivity contribution is 6.03. The number of rotatable bonds is 8. The van der Waals surface area contributed by atoms with Gasteiger partial charge in [0.1, 0.15) is 41.4 Å². The number of piperazine rings is 1. The molecule has 1 amide bonds. The molecule has 3 unspecified atom stereocenters. The van der Waals surface area contributed by atoms with Gasteiger partial charge in [-0.3, -0.25) is 14.7 Å². The number of aromatic hydroxyl groups is 1. The van der Waals surface area contributed by atoms with Gasteiger partial charge >= 0.3 is 6.01 Å². The number of hydrogen-bond acceptors (Lipinski definition) is 10. The molecule has 2 aromatic carbocycles. The Balaban J connectivity index is 1.10. The molecule has 7 heterocycles. The normalized spacial score (nSPS) is 23.3. The average Bonchev–Trinajstić information content (AvgIpc) is 3.82. The van der Waals surface area contributed by atoms with E-state index in [9.17, 15) is 18.7 Å². The highest BCUT2D eigenvalue weighted by atomic mass is 19.1. The summed E-state index contributed by atoms with van der Waals surface area (Å²) in [7, 11) is 1.45. The molecule has 5 aromatic rings. The lowest BCUT2D eigenvalue weighted by atomic mass is 9.95. The first-order valence-electron chi connectivity index (χ1n) is 18.8. The predicted octanol–water partition coefficient (Wildman–Crippen LogP) is 6.36. The van der Waals surface area contributed by atoms with Crippen LogP contribution in [0.4, 0.5) is 23.4 Å². The van der Waals surface area contributed by atoms with Gasteiger partial charge in [0.15, 0.2) is 11.6 Å². The molecule has 0 spiro atoms. The van der Waals surface area contributed by atoms with Gasteiger partial charge in [0.25, 0.3) is 5.91 Å². The first-order valence-corrected chi connectivity index (χ1v) is 18.8. The Hall–Kier alpha value is -6.01. The van der Waals surface area contributed by atoms with Crippen molar-refractivity contribution in [2.24, 2.45) is 0 Å². The number of carbonyl (C=O) groups excluding carboxylic acids is 1. The van der Waals surface area contributed by atoms with Gasteiger partial charge in [0.05, 0.1) is 41.4 Å². The fraction of sp³-hybridized carbons (Fsp3) is 0.357. The molecule has 57 heavy (non-hydrogen) atoms. The lowest BCUT2D eigenvalue weighted by Crippen LogP contribution is -2.56. The Morgan fingerprint density at radius 1 is 1.11 bits per heavy atom. The summed E-state index contributed by atoms with van der Waals surface area (Å²) in [4.78, 5) is 37.1. The van der Waals surface area contributed by atoms with Gasteiger partial charge in [-0.25, -0.2) is 22.5 Å². The smallest absolute Gasteiger partial charge is 0.319 e. The second-order valence-electron chi connectivity index (χ2n) is 15.1. The van der Waals surface area contributed by atoms with Gasteiger partial charge in [-0.15, -0.1) is 6.42 Å². The molecule has 9 rings (SSSR count). The molecule has 4 saturated heterocycles. The molecule has 4 aliphatic rings. The van der Waals surface area contributed by atoms with E-state index in [0.29, 0.717) is 37.0 Å². The van der Waals surface area contributed by atoms with Gasteiger partial charge in [0.2, 0.25) is 5.88 Å². The van der Waals surface area contributed by atoms with Crippen LogP contribution in [0.3, 0.4) is 0 Å². The zero-order valence-electron chi connectivity index (χ0n) is 30.9. The number of methoxy groups -OCH3 is 1. The quantitative estimate of drug-likeness (QED) is 0.108. The van der Waals surface area contributed by atoms with E-state index in [1.165, 1.54) is 37.6 Å². The van der Waals surface area contributed by atoms with Crippen molar-refractivity contribution in [2.75, 3.05) is 44.8 Å². The standard InChI is InChI=1S/C42H37F4N7O4/c1-3-29-32(44)11-8-23-14-28(54)16-30(35(23)29)37-36(46)38-31(18-47-37)39(50-41(49-38)57-22-42-12-5-13-52(42)19-24(43)17-42)51-20-26-9-10-27(21-51)53(26)40(55)33(45)15-25-6-4-7-34(48-25)56-2/h1,4,6-8,11,14-16,18,24,26-27,54H,5,9-10,12-13,17,19-22H2,2H3/b33-15-/t24?,26?,27?,42-/m0/s1. The highest BCUT2D eigenvalue weighted by Gasteiger charge is 2.50. The fourth-order valence-corrected chi connectivity index (χ4v) is 9.26. The predicted molar refractivity (Wildman–Crippen MR) is 204 cm³/mol. The molecular weight excluding hydrogens is 742 g/mol. The summed E-state index contributed by atoms with van der Waals surface area (Å²) in [5.41, 5.74) is -0.756. The Kier molecular flexibility index (Phi) is 9.11. The first kappa shape index (κ1) is 36.6. The second-order valence-corrected chi connectivity index (χ2v) is 15.1. The third kappa shape index (κ3) is 6.32. The lowest BCUT2D eigenvalue weighted by molar-refractivity contribution is -0.131. The van der Waals surface area contributed by atoms with Crippen LogP contribution < -0.4 is 14.4 Å². The number of phenolic OH excluding ortho intramolecular Hbond substituents is 1. The average molecular weight is 780 g/mol. The van der Waals surface area contributed by atoms with Crippen LogP contribution >= 0.6 is 0 Å². The van der Waals surface area contributed by atoms with Crippen molar-refractivity contribution in [3.05, 3.63) is 77.4 Å². The Morgan fingerprint density at radius 2 is 1.91 bits per heavy atom. The number of hydrogen-bond donors (Lipinski definition) is 1. The number of ether oxygens (including phenoxy) is 2. The van der Waals surface area contributed by atoms with Crippen LogP contribution in [-0.2, 0) is 4.79 Å². The second kappa shape index (κ2) is 14.2. The minimum absolute atomic E-state index is 0.0595. The Labute approximate surface area is 324 Å². The van der Waals surface area contributed by atoms with Crippen LogP contribution in [0.2, 0.25) is 0 Å². The number of terminal acetylenes is 1. The molecule has 11 nitrogen and oxygen atoms in total. The minimum Gasteiger partial charge on any atom is -0.508 e. The number of fused-ring (bicyclic) bond motifs is 5. The summed E-state index contributed by atoms with van der Waals surface area (Å²) in [6.07, 6.45) is 10.3. The van der Waals surface area contributed by atoms with E-state index in [-0.39, 0.29) is 76.1 Å². The molecule has 292 valence electrons. The molecule has 4 atom stereocenters. The third-order valence-electron chi connectivity index (χ3n) is 11.8. The van der Waals surface area contributed by atoms with Crippen molar-refractivity contribution in [1.29, 1.82) is 0 Å². The summed E-state index contributed by atoms with van der Waals surface area (Å²) in [6, 6.07) is 9.18. The summed E-state index contributed by atoms with van der Waals surface area (Å²) in [5.74, 6) is -0.589. The third-order valence-corrected chi connectivity index (χ3v) is 11.8. The zero-order chi connectivity index (χ0) is 39.6. The fourth-order valence-electron chi connectivity index (χ4n) is 9.26. The number of pyridine rings is 2. The Morgan fingerprint density at radius 3 is 2.68 bits per heavy atom. The molecule has 4 aliphatic heterocycles. The van der Waals surface area contributed by atoms with Crippen molar-refractivity contribution in [3.63, 3.8) is 0 Å². The topological polar surface area (TPSA) is 117 Å². The number of benzene rings is 2. The largest absolute Gasteiger partial charge is 0.508 e. The zero-order valence-corrected chi connectivity index (χ0v) is 30.9. The number of alkyl halides is 1. The van der Waals surface area contributed by atoms with Gasteiger partial charge in [-0.1, -0.05) is 18.1 Å². The molecule has 0 saturated carbocycles. The summed E-state index contributed by atoms with van der Waals surface area (Å²) in [5, 5.41) is 11.4. The monoisotopic (exact) mass is 779 g/mol. The molecule has 4 fully saturated rings. The maximum atomic E-state index is 17.1. The molecule has 15 heteroatoms. The van der Waals surface area contributed by atoms with E-state index >= 15 is 8.78 Å². The molecule has 2 bridgehead atoms. The molecule has 3 aromatic heterocycles. The summed E-state index contributed by atoms with van der Waals surface area (Å²) < 4.78 is 73.7. The maximum absolute atomic E-state index is 17.1. The number of carbonyl (C=O) groups is 1. The summed E-state index contributed by atoms with van der Waals surface area (Å²) >= 11 is 0. The van der Waals surface area contributed by atoms with Crippen LogP contribution in [0, 0.1) is 24.0 Å². The van der Waals surface area contributed by atoms with Crippen LogP contribution in [0.1, 0.15) is 43.4 Å². The number of phenols is 1. The van der Waals surface area contributed by atoms with Gasteiger partial charge in [-0.2, -0.15) is 9.97 Å². The van der Waals surface area contributed by atoms with Crippen molar-refractivity contribution in [1.82, 2.24) is 29.7 Å². The van der Waals surface area contributed by atoms with Crippen LogP contribution in [0.5, 0.6) is 17.6 Å². The van der Waals surface area contributed by atoms with Crippen LogP contribution in [0.25, 0.3) is 39.0 Å². The molecule has 0 radical (unpaired) electrons. The molecule has 1 N–H and O–H groups in total. The number of nitrogens with zero attached hydrogens (tertiary/aromatic N) is 7. The van der Waals surface area contributed by atoms with Crippen molar-refractivity contribution in [2.45, 2.75) is 55.9 Å². The Bertz CT molecular complexity index is 2520. The highest BCUT2D eigenvalue weighted by Crippen LogP contribution is 2.43. The van der Waals surface area contributed by atoms with Gasteiger partial charge in [-0.05, 0) is 61.9 Å². The van der Waals surface area contributed by atoms with Gasteiger partial charge < -0.3 is 24.4 Å². The van der Waals surface area contributed by atoms with Crippen molar-refractivity contribution in [3.8, 4) is 41.2 Å². The first-order chi connectivity index (χ1) is 27.6. The van der Waals surface area contributed by atoms with Crippen molar-refractivity contribution >= 4 is 39.5 Å². The minimum atomic E-state index is -0.996. The number of amides is 1. The van der Waals surface area contributed by atoms with E-state index in [1.807, 2.05) is 4.90 Å². The number of aromatic nitrogens is 4. The van der Waals surface area contributed by atoms with E-state index in [0.717, 1.165) is 25.5 Å². The number of halogens is 4. The van der Waals surface area contributed by atoms with Crippen LogP contribution in [0.15, 0.2) is 54.5 Å². The van der Waals surface area contributed by atoms with E-state index in [1.54, 1.807) is 23.1 Å².